The summed E-state index contributed by atoms with van der Waals surface area (Å²) in [5.41, 5.74) is 4.38. The summed E-state index contributed by atoms with van der Waals surface area (Å²) in [6.07, 6.45) is 3.79. The van der Waals surface area contributed by atoms with Gasteiger partial charge in [0, 0.05) is 30.3 Å². The van der Waals surface area contributed by atoms with Crippen LogP contribution in [0, 0.1) is 0 Å². The third-order valence-corrected chi connectivity index (χ3v) is 6.69. The monoisotopic (exact) mass is 498 g/mol. The Morgan fingerprint density at radius 1 is 1.03 bits per heavy atom. The van der Waals surface area contributed by atoms with Crippen LogP contribution in [0.15, 0.2) is 91.3 Å². The molecule has 0 saturated carbocycles. The first-order valence-electron chi connectivity index (χ1n) is 11.6. The molecule has 1 N–H and O–H groups in total. The number of nitrogens with one attached hydrogen (secondary N) is 1. The van der Waals surface area contributed by atoms with Gasteiger partial charge in [-0.05, 0) is 72.4 Å². The van der Waals surface area contributed by atoms with Gasteiger partial charge in [0.15, 0.2) is 5.11 Å². The van der Waals surface area contributed by atoms with Crippen LogP contribution in [0.2, 0.25) is 0 Å². The number of esters is 1. The second kappa shape index (κ2) is 10.2. The molecular weight excluding hydrogens is 472 g/mol. The fraction of sp³-hybridized carbons (Fsp3) is 0.179. The van der Waals surface area contributed by atoms with Crippen LogP contribution in [0.25, 0.3) is 5.69 Å². The molecule has 0 spiro atoms. The minimum absolute atomic E-state index is 0.147. The second-order valence-corrected chi connectivity index (χ2v) is 8.83. The molecule has 2 aromatic heterocycles. The van der Waals surface area contributed by atoms with E-state index in [1.807, 2.05) is 72.9 Å². The van der Waals surface area contributed by atoms with Crippen molar-refractivity contribution in [3.63, 3.8) is 0 Å². The van der Waals surface area contributed by atoms with Gasteiger partial charge in [-0.15, -0.1) is 0 Å². The Balaban J connectivity index is 1.57. The highest BCUT2D eigenvalue weighted by Crippen LogP contribution is 2.40. The summed E-state index contributed by atoms with van der Waals surface area (Å²) in [6.45, 7) is 0.608. The fourth-order valence-electron chi connectivity index (χ4n) is 4.60. The highest BCUT2D eigenvalue weighted by molar-refractivity contribution is 7.80. The number of nitrogens with zero attached hydrogens (tertiary/aromatic N) is 3. The minimum atomic E-state index is -0.373. The molecule has 4 aromatic rings. The average molecular weight is 499 g/mol. The molecule has 0 amide bonds. The summed E-state index contributed by atoms with van der Waals surface area (Å²) in [4.78, 5) is 19.0. The van der Waals surface area contributed by atoms with Crippen molar-refractivity contribution >= 4 is 23.3 Å². The highest BCUT2D eigenvalue weighted by Gasteiger charge is 2.41. The molecule has 0 unspecified atom stereocenters. The number of hydrogen-bond acceptors (Lipinski definition) is 5. The van der Waals surface area contributed by atoms with E-state index in [1.165, 1.54) is 7.11 Å². The fourth-order valence-corrected chi connectivity index (χ4v) is 4.90. The molecule has 2 atom stereocenters. The number of benzene rings is 2. The van der Waals surface area contributed by atoms with Gasteiger partial charge in [-0.1, -0.05) is 24.3 Å². The van der Waals surface area contributed by atoms with Crippen molar-refractivity contribution in [2.75, 3.05) is 14.2 Å². The predicted molar refractivity (Wildman–Crippen MR) is 141 cm³/mol. The molecule has 7 nitrogen and oxygen atoms in total. The second-order valence-electron chi connectivity index (χ2n) is 8.45. The lowest BCUT2D eigenvalue weighted by Gasteiger charge is -2.29. The molecule has 0 radical (unpaired) electrons. The van der Waals surface area contributed by atoms with E-state index in [2.05, 4.69) is 25.8 Å². The van der Waals surface area contributed by atoms with Gasteiger partial charge in [0.1, 0.15) is 5.75 Å². The predicted octanol–water partition coefficient (Wildman–Crippen LogP) is 4.84. The van der Waals surface area contributed by atoms with Crippen molar-refractivity contribution in [1.29, 1.82) is 0 Å². The summed E-state index contributed by atoms with van der Waals surface area (Å²) in [6, 6.07) is 25.1. The molecular formula is C28H26N4O3S. The molecule has 1 fully saturated rings. The van der Waals surface area contributed by atoms with Gasteiger partial charge in [0.25, 0.3) is 0 Å². The molecule has 1 aliphatic heterocycles. The molecule has 0 bridgehead atoms. The van der Waals surface area contributed by atoms with Gasteiger partial charge in [-0.2, -0.15) is 0 Å². The van der Waals surface area contributed by atoms with Crippen molar-refractivity contribution in [3.05, 3.63) is 114 Å². The number of thiocarbonyl (C=S) groups is 1. The SMILES string of the molecule is COC(=O)c1cccc(-n2cccc2[C@@H]2[C@@H](c3ccccn3)NC(=S)N2Cc2ccc(OC)cc2)c1. The van der Waals surface area contributed by atoms with E-state index in [0.29, 0.717) is 17.2 Å². The van der Waals surface area contributed by atoms with Crippen molar-refractivity contribution in [1.82, 2.24) is 19.8 Å². The van der Waals surface area contributed by atoms with Gasteiger partial charge in [0.2, 0.25) is 0 Å². The molecule has 2 aromatic carbocycles. The Bertz CT molecular complexity index is 1370. The van der Waals surface area contributed by atoms with Crippen molar-refractivity contribution < 1.29 is 14.3 Å². The number of pyridine rings is 1. The van der Waals surface area contributed by atoms with E-state index in [1.54, 1.807) is 19.4 Å². The Morgan fingerprint density at radius 2 is 1.86 bits per heavy atom. The van der Waals surface area contributed by atoms with Crippen LogP contribution in [0.4, 0.5) is 0 Å². The van der Waals surface area contributed by atoms with E-state index < -0.39 is 0 Å². The van der Waals surface area contributed by atoms with Gasteiger partial charge in [0.05, 0.1) is 37.6 Å². The van der Waals surface area contributed by atoms with Crippen molar-refractivity contribution in [2.24, 2.45) is 0 Å². The first-order chi connectivity index (χ1) is 17.6. The van der Waals surface area contributed by atoms with Crippen molar-refractivity contribution in [2.45, 2.75) is 18.6 Å². The lowest BCUT2D eigenvalue weighted by atomic mass is 10.0. The van der Waals surface area contributed by atoms with Gasteiger partial charge in [-0.3, -0.25) is 4.98 Å². The standard InChI is InChI=1S/C28H26N4O3S/c1-34-22-13-11-19(12-14-22)18-32-26(25(30-28(32)36)23-9-3-4-15-29-23)24-10-6-16-31(24)21-8-5-7-20(17-21)27(33)35-2/h3-17,25-26H,18H2,1-2H3,(H,30,36)/t25-,26-/m1/s1. The lowest BCUT2D eigenvalue weighted by molar-refractivity contribution is 0.0600. The van der Waals surface area contributed by atoms with Crippen LogP contribution in [-0.4, -0.2) is 39.8 Å². The van der Waals surface area contributed by atoms with Crippen LogP contribution >= 0.6 is 12.2 Å². The van der Waals surface area contributed by atoms with E-state index in [0.717, 1.165) is 28.4 Å². The van der Waals surface area contributed by atoms with E-state index in [9.17, 15) is 4.79 Å². The van der Waals surface area contributed by atoms with E-state index in [-0.39, 0.29) is 18.1 Å². The number of methoxy groups -OCH3 is 2. The molecule has 0 aliphatic carbocycles. The highest BCUT2D eigenvalue weighted by atomic mass is 32.1. The Labute approximate surface area is 215 Å². The van der Waals surface area contributed by atoms with Crippen LogP contribution < -0.4 is 10.1 Å². The van der Waals surface area contributed by atoms with Crippen LogP contribution in [0.5, 0.6) is 5.75 Å². The average Bonchev–Trinajstić information content (AvgIpc) is 3.53. The molecule has 182 valence electrons. The number of ether oxygens (including phenoxy) is 2. The third-order valence-electron chi connectivity index (χ3n) is 6.34. The number of carbonyl (C=O) groups is 1. The zero-order valence-electron chi connectivity index (χ0n) is 20.0. The first-order valence-corrected chi connectivity index (χ1v) is 12.0. The maximum absolute atomic E-state index is 12.2. The topological polar surface area (TPSA) is 68.6 Å². The normalized spacial score (nSPS) is 17.1. The summed E-state index contributed by atoms with van der Waals surface area (Å²) in [7, 11) is 3.04. The maximum atomic E-state index is 12.2. The number of carbonyl (C=O) groups excluding carboxylic acids is 1. The lowest BCUT2D eigenvalue weighted by Crippen LogP contribution is -2.30. The molecule has 3 heterocycles. The van der Waals surface area contributed by atoms with Gasteiger partial charge in [-0.25, -0.2) is 4.79 Å². The maximum Gasteiger partial charge on any atom is 0.337 e. The Hall–Kier alpha value is -4.17. The van der Waals surface area contributed by atoms with Gasteiger partial charge < -0.3 is 24.3 Å². The number of hydrogen-bond donors (Lipinski definition) is 1. The minimum Gasteiger partial charge on any atom is -0.497 e. The summed E-state index contributed by atoms with van der Waals surface area (Å²) < 4.78 is 12.3. The largest absolute Gasteiger partial charge is 0.497 e. The van der Waals surface area contributed by atoms with Gasteiger partial charge >= 0.3 is 5.97 Å². The van der Waals surface area contributed by atoms with E-state index >= 15 is 0 Å². The van der Waals surface area contributed by atoms with Crippen LogP contribution in [0.1, 0.15) is 39.4 Å². The first kappa shape index (κ1) is 23.6. The van der Waals surface area contributed by atoms with E-state index in [4.69, 9.17) is 21.7 Å². The van der Waals surface area contributed by atoms with Crippen LogP contribution in [-0.2, 0) is 11.3 Å². The Morgan fingerprint density at radius 3 is 2.58 bits per heavy atom. The molecule has 36 heavy (non-hydrogen) atoms. The summed E-state index contributed by atoms with van der Waals surface area (Å²) in [5.74, 6) is 0.435. The smallest absolute Gasteiger partial charge is 0.337 e. The molecule has 8 heteroatoms. The van der Waals surface area contributed by atoms with Crippen LogP contribution in [0.3, 0.4) is 0 Å². The summed E-state index contributed by atoms with van der Waals surface area (Å²) >= 11 is 5.84. The zero-order chi connectivity index (χ0) is 25.1. The molecule has 1 saturated heterocycles. The summed E-state index contributed by atoms with van der Waals surface area (Å²) in [5, 5.41) is 4.16. The number of rotatable bonds is 7. The quantitative estimate of drug-likeness (QED) is 0.289. The molecule has 5 rings (SSSR count). The zero-order valence-corrected chi connectivity index (χ0v) is 20.8. The third kappa shape index (κ3) is 4.55. The van der Waals surface area contributed by atoms with Crippen molar-refractivity contribution in [3.8, 4) is 11.4 Å². The number of aromatic nitrogens is 2. The molecule has 1 aliphatic rings. The Kier molecular flexibility index (Phi) is 6.69.